The first-order valence-corrected chi connectivity index (χ1v) is 5.01. The number of hydrogen-bond donors (Lipinski definition) is 1. The van der Waals surface area contributed by atoms with Gasteiger partial charge in [-0.25, -0.2) is 0 Å². The number of pyridine rings is 1. The third-order valence-electron chi connectivity index (χ3n) is 2.48. The molecule has 0 saturated carbocycles. The maximum absolute atomic E-state index is 6.16. The Kier molecular flexibility index (Phi) is 2.95. The highest BCUT2D eigenvalue weighted by Gasteiger charge is 2.24. The number of nitrogens with zero attached hydrogens (tertiary/aromatic N) is 1. The van der Waals surface area contributed by atoms with Crippen molar-refractivity contribution >= 4 is 0 Å². The molecule has 1 heterocycles. The Hall–Kier alpha value is -0.890. The van der Waals surface area contributed by atoms with Crippen LogP contribution in [-0.4, -0.2) is 4.98 Å². The fraction of sp³-hybridized carbons (Fsp3) is 0.583. The molecule has 0 amide bonds. The Labute approximate surface area is 86.5 Å². The van der Waals surface area contributed by atoms with Crippen LogP contribution in [0.4, 0.5) is 0 Å². The normalized spacial score (nSPS) is 14.1. The molecule has 0 aliphatic rings. The van der Waals surface area contributed by atoms with Crippen LogP contribution in [0.15, 0.2) is 12.3 Å². The van der Waals surface area contributed by atoms with Crippen LogP contribution in [0.5, 0.6) is 0 Å². The van der Waals surface area contributed by atoms with Gasteiger partial charge in [-0.1, -0.05) is 26.8 Å². The Bertz CT molecular complexity index is 324. The van der Waals surface area contributed by atoms with E-state index in [1.807, 2.05) is 13.1 Å². The van der Waals surface area contributed by atoms with Gasteiger partial charge in [0.15, 0.2) is 0 Å². The minimum Gasteiger partial charge on any atom is -0.322 e. The zero-order valence-corrected chi connectivity index (χ0v) is 9.76. The molecular weight excluding hydrogens is 172 g/mol. The summed E-state index contributed by atoms with van der Waals surface area (Å²) in [6, 6.07) is 2.14. The summed E-state index contributed by atoms with van der Waals surface area (Å²) in [7, 11) is 0. The molecule has 1 aromatic heterocycles. The zero-order valence-electron chi connectivity index (χ0n) is 9.76. The van der Waals surface area contributed by atoms with E-state index in [1.54, 1.807) is 0 Å². The molecule has 78 valence electrons. The van der Waals surface area contributed by atoms with Gasteiger partial charge < -0.3 is 5.73 Å². The third kappa shape index (κ3) is 2.32. The predicted molar refractivity (Wildman–Crippen MR) is 60.1 cm³/mol. The highest BCUT2D eigenvalue weighted by atomic mass is 14.8. The Morgan fingerprint density at radius 3 is 2.29 bits per heavy atom. The molecule has 14 heavy (non-hydrogen) atoms. The SMILES string of the molecule is Cc1cnc(C(N)C(C)(C)C)c(C)c1. The van der Waals surface area contributed by atoms with Crippen molar-refractivity contribution in [3.05, 3.63) is 29.1 Å². The molecule has 0 aromatic carbocycles. The summed E-state index contributed by atoms with van der Waals surface area (Å²) in [6.45, 7) is 10.5. The van der Waals surface area contributed by atoms with E-state index in [1.165, 1.54) is 11.1 Å². The predicted octanol–water partition coefficient (Wildman–Crippen LogP) is 2.74. The quantitative estimate of drug-likeness (QED) is 0.743. The van der Waals surface area contributed by atoms with Crippen LogP contribution in [0.25, 0.3) is 0 Å². The highest BCUT2D eigenvalue weighted by molar-refractivity contribution is 5.26. The van der Waals surface area contributed by atoms with Crippen molar-refractivity contribution in [1.82, 2.24) is 4.98 Å². The lowest BCUT2D eigenvalue weighted by Gasteiger charge is -2.27. The first kappa shape index (κ1) is 11.2. The van der Waals surface area contributed by atoms with E-state index in [9.17, 15) is 0 Å². The second kappa shape index (κ2) is 3.70. The van der Waals surface area contributed by atoms with Gasteiger partial charge >= 0.3 is 0 Å². The van der Waals surface area contributed by atoms with E-state index >= 15 is 0 Å². The van der Waals surface area contributed by atoms with E-state index in [4.69, 9.17) is 5.73 Å². The average molecular weight is 192 g/mol. The summed E-state index contributed by atoms with van der Waals surface area (Å²) in [6.07, 6.45) is 1.88. The number of aromatic nitrogens is 1. The van der Waals surface area contributed by atoms with E-state index in [-0.39, 0.29) is 11.5 Å². The maximum atomic E-state index is 6.16. The molecule has 2 N–H and O–H groups in total. The lowest BCUT2D eigenvalue weighted by atomic mass is 9.84. The number of hydrogen-bond acceptors (Lipinski definition) is 2. The fourth-order valence-corrected chi connectivity index (χ4v) is 1.46. The molecule has 0 saturated heterocycles. The Balaban J connectivity index is 3.08. The van der Waals surface area contributed by atoms with Crippen molar-refractivity contribution in [2.24, 2.45) is 11.1 Å². The molecule has 0 radical (unpaired) electrons. The van der Waals surface area contributed by atoms with Crippen LogP contribution < -0.4 is 5.73 Å². The summed E-state index contributed by atoms with van der Waals surface area (Å²) in [5.41, 5.74) is 9.61. The molecule has 0 bridgehead atoms. The van der Waals surface area contributed by atoms with Crippen LogP contribution >= 0.6 is 0 Å². The number of nitrogens with two attached hydrogens (primary N) is 1. The second-order valence-electron chi connectivity index (χ2n) is 5.06. The van der Waals surface area contributed by atoms with Crippen LogP contribution in [0.2, 0.25) is 0 Å². The first-order valence-electron chi connectivity index (χ1n) is 5.01. The fourth-order valence-electron chi connectivity index (χ4n) is 1.46. The zero-order chi connectivity index (χ0) is 10.9. The van der Waals surface area contributed by atoms with E-state index < -0.39 is 0 Å². The van der Waals surface area contributed by atoms with Gasteiger partial charge in [0.2, 0.25) is 0 Å². The van der Waals surface area contributed by atoms with Gasteiger partial charge in [0.1, 0.15) is 0 Å². The molecule has 0 spiro atoms. The van der Waals surface area contributed by atoms with Gasteiger partial charge in [0.05, 0.1) is 11.7 Å². The summed E-state index contributed by atoms with van der Waals surface area (Å²) < 4.78 is 0. The molecule has 2 heteroatoms. The van der Waals surface area contributed by atoms with Gasteiger partial charge in [-0.05, 0) is 30.4 Å². The first-order chi connectivity index (χ1) is 6.32. The summed E-state index contributed by atoms with van der Waals surface area (Å²) >= 11 is 0. The standard InChI is InChI=1S/C12H20N2/c1-8-6-9(2)10(14-7-8)11(13)12(3,4)5/h6-7,11H,13H2,1-5H3. The molecular formula is C12H20N2. The average Bonchev–Trinajstić information content (AvgIpc) is 2.01. The molecule has 2 nitrogen and oxygen atoms in total. The molecule has 1 atom stereocenters. The minimum absolute atomic E-state index is 0.00287. The van der Waals surface area contributed by atoms with Gasteiger partial charge in [-0.15, -0.1) is 0 Å². The molecule has 0 aliphatic heterocycles. The summed E-state index contributed by atoms with van der Waals surface area (Å²) in [5.74, 6) is 0. The van der Waals surface area contributed by atoms with Crippen molar-refractivity contribution in [3.8, 4) is 0 Å². The van der Waals surface area contributed by atoms with Crippen LogP contribution in [0.3, 0.4) is 0 Å². The van der Waals surface area contributed by atoms with Gasteiger partial charge in [0.25, 0.3) is 0 Å². The minimum atomic E-state index is 0.00287. The molecule has 1 unspecified atom stereocenters. The van der Waals surface area contributed by atoms with Crippen LogP contribution in [-0.2, 0) is 0 Å². The maximum Gasteiger partial charge on any atom is 0.0605 e. The van der Waals surface area contributed by atoms with Crippen molar-refractivity contribution < 1.29 is 0 Å². The molecule has 1 aromatic rings. The van der Waals surface area contributed by atoms with Crippen molar-refractivity contribution in [2.75, 3.05) is 0 Å². The van der Waals surface area contributed by atoms with Crippen molar-refractivity contribution in [3.63, 3.8) is 0 Å². The van der Waals surface area contributed by atoms with Gasteiger partial charge in [-0.3, -0.25) is 4.98 Å². The lowest BCUT2D eigenvalue weighted by molar-refractivity contribution is 0.320. The summed E-state index contributed by atoms with van der Waals surface area (Å²) in [5, 5.41) is 0. The Morgan fingerprint density at radius 1 is 1.29 bits per heavy atom. The second-order valence-corrected chi connectivity index (χ2v) is 5.06. The molecule has 0 aliphatic carbocycles. The number of aryl methyl sites for hydroxylation is 2. The molecule has 0 fully saturated rings. The topological polar surface area (TPSA) is 38.9 Å². The Morgan fingerprint density at radius 2 is 1.86 bits per heavy atom. The van der Waals surface area contributed by atoms with Crippen LogP contribution in [0.1, 0.15) is 43.6 Å². The van der Waals surface area contributed by atoms with E-state index in [2.05, 4.69) is 38.7 Å². The van der Waals surface area contributed by atoms with Crippen molar-refractivity contribution in [2.45, 2.75) is 40.7 Å². The number of rotatable bonds is 1. The smallest absolute Gasteiger partial charge is 0.0605 e. The lowest BCUT2D eigenvalue weighted by Crippen LogP contribution is -2.27. The summed E-state index contributed by atoms with van der Waals surface area (Å²) in [4.78, 5) is 4.42. The van der Waals surface area contributed by atoms with Gasteiger partial charge in [-0.2, -0.15) is 0 Å². The van der Waals surface area contributed by atoms with E-state index in [0.717, 1.165) is 5.69 Å². The van der Waals surface area contributed by atoms with Crippen LogP contribution in [0, 0.1) is 19.3 Å². The largest absolute Gasteiger partial charge is 0.322 e. The van der Waals surface area contributed by atoms with Gasteiger partial charge in [0, 0.05) is 6.20 Å². The van der Waals surface area contributed by atoms with E-state index in [0.29, 0.717) is 0 Å². The molecule has 1 rings (SSSR count). The third-order valence-corrected chi connectivity index (χ3v) is 2.48. The van der Waals surface area contributed by atoms with Crippen molar-refractivity contribution in [1.29, 1.82) is 0 Å². The highest BCUT2D eigenvalue weighted by Crippen LogP contribution is 2.30. The monoisotopic (exact) mass is 192 g/mol.